The molecule has 2 rings (SSSR count). The Morgan fingerprint density at radius 3 is 2.49 bits per heavy atom. The summed E-state index contributed by atoms with van der Waals surface area (Å²) in [6.45, 7) is 5.53. The number of anilines is 1. The molecular formula is C25H34ClN3O5S. The van der Waals surface area contributed by atoms with E-state index in [0.717, 1.165) is 29.0 Å². The van der Waals surface area contributed by atoms with Crippen molar-refractivity contribution in [3.8, 4) is 5.75 Å². The minimum atomic E-state index is -3.81. The van der Waals surface area contributed by atoms with Gasteiger partial charge in [-0.25, -0.2) is 8.42 Å². The fourth-order valence-electron chi connectivity index (χ4n) is 3.58. The standard InChI is InChI=1S/C25H34ClN3O5S/c1-6-7-13-27-25(31)19(3)28(16-20-9-8-10-22(15-20)34-4)24(30)17-29(35(5,32)33)23-12-11-21(26)14-18(23)2/h8-12,14-15,19H,6-7,13,16-17H2,1-5H3,(H,27,31)/t19-/m1/s1. The first-order chi connectivity index (χ1) is 16.5. The van der Waals surface area contributed by atoms with Crippen LogP contribution in [0.3, 0.4) is 0 Å². The van der Waals surface area contributed by atoms with E-state index in [9.17, 15) is 18.0 Å². The molecule has 0 aliphatic carbocycles. The van der Waals surface area contributed by atoms with Gasteiger partial charge in [-0.1, -0.05) is 37.1 Å². The van der Waals surface area contributed by atoms with Crippen LogP contribution in [0.1, 0.15) is 37.8 Å². The SMILES string of the molecule is CCCCNC(=O)[C@@H](C)N(Cc1cccc(OC)c1)C(=O)CN(c1ccc(Cl)cc1C)S(C)(=O)=O. The minimum Gasteiger partial charge on any atom is -0.497 e. The van der Waals surface area contributed by atoms with Gasteiger partial charge in [0.15, 0.2) is 0 Å². The fourth-order valence-corrected chi connectivity index (χ4v) is 4.71. The molecular weight excluding hydrogens is 490 g/mol. The number of nitrogens with zero attached hydrogens (tertiary/aromatic N) is 2. The molecule has 1 atom stereocenters. The Kier molecular flexibility index (Phi) is 10.4. The number of aryl methyl sites for hydroxylation is 1. The van der Waals surface area contributed by atoms with E-state index < -0.39 is 28.5 Å². The number of ether oxygens (including phenoxy) is 1. The van der Waals surface area contributed by atoms with Crippen molar-refractivity contribution in [1.82, 2.24) is 10.2 Å². The third-order valence-corrected chi connectivity index (χ3v) is 6.95. The van der Waals surface area contributed by atoms with Crippen LogP contribution in [0, 0.1) is 6.92 Å². The van der Waals surface area contributed by atoms with E-state index in [1.54, 1.807) is 57.4 Å². The second-order valence-electron chi connectivity index (χ2n) is 8.39. The van der Waals surface area contributed by atoms with Crippen molar-refractivity contribution in [2.75, 3.05) is 30.8 Å². The van der Waals surface area contributed by atoms with Crippen LogP contribution in [-0.4, -0.2) is 57.6 Å². The molecule has 2 amide bonds. The van der Waals surface area contributed by atoms with Gasteiger partial charge in [0.2, 0.25) is 21.8 Å². The quantitative estimate of drug-likeness (QED) is 0.427. The van der Waals surface area contributed by atoms with E-state index in [1.165, 1.54) is 4.90 Å². The van der Waals surface area contributed by atoms with Crippen LogP contribution in [0.15, 0.2) is 42.5 Å². The van der Waals surface area contributed by atoms with Gasteiger partial charge in [0, 0.05) is 18.1 Å². The Balaban J connectivity index is 2.40. The Morgan fingerprint density at radius 1 is 1.17 bits per heavy atom. The van der Waals surface area contributed by atoms with Crippen LogP contribution in [-0.2, 0) is 26.2 Å². The number of hydrogen-bond donors (Lipinski definition) is 1. The summed E-state index contributed by atoms with van der Waals surface area (Å²) in [5, 5.41) is 3.31. The van der Waals surface area contributed by atoms with Gasteiger partial charge in [-0.15, -0.1) is 0 Å². The maximum absolute atomic E-state index is 13.6. The number of rotatable bonds is 12. The zero-order valence-electron chi connectivity index (χ0n) is 20.9. The molecule has 0 heterocycles. The summed E-state index contributed by atoms with van der Waals surface area (Å²) in [5.41, 5.74) is 1.71. The van der Waals surface area contributed by atoms with Crippen LogP contribution in [0.4, 0.5) is 5.69 Å². The van der Waals surface area contributed by atoms with Gasteiger partial charge in [0.05, 0.1) is 19.1 Å². The Labute approximate surface area is 213 Å². The van der Waals surface area contributed by atoms with Gasteiger partial charge in [0.1, 0.15) is 18.3 Å². The average molecular weight is 524 g/mol. The smallest absolute Gasteiger partial charge is 0.244 e. The number of sulfonamides is 1. The predicted molar refractivity (Wildman–Crippen MR) is 139 cm³/mol. The van der Waals surface area contributed by atoms with Crippen LogP contribution < -0.4 is 14.4 Å². The Morgan fingerprint density at radius 2 is 1.89 bits per heavy atom. The number of hydrogen-bond acceptors (Lipinski definition) is 5. The van der Waals surface area contributed by atoms with Crippen molar-refractivity contribution in [1.29, 1.82) is 0 Å². The van der Waals surface area contributed by atoms with E-state index in [-0.39, 0.29) is 12.5 Å². The zero-order valence-corrected chi connectivity index (χ0v) is 22.4. The van der Waals surface area contributed by atoms with Crippen LogP contribution in [0.2, 0.25) is 5.02 Å². The highest BCUT2D eigenvalue weighted by Gasteiger charge is 2.30. The topological polar surface area (TPSA) is 96.0 Å². The normalized spacial score (nSPS) is 12.1. The molecule has 0 bridgehead atoms. The predicted octanol–water partition coefficient (Wildman–Crippen LogP) is 3.76. The number of unbranched alkanes of at least 4 members (excludes halogenated alkanes) is 1. The summed E-state index contributed by atoms with van der Waals surface area (Å²) in [6, 6.07) is 11.1. The molecule has 2 aromatic rings. The van der Waals surface area contributed by atoms with Crippen molar-refractivity contribution in [3.05, 3.63) is 58.6 Å². The third kappa shape index (κ3) is 8.14. The first-order valence-corrected chi connectivity index (χ1v) is 13.6. The molecule has 0 aliphatic heterocycles. The van der Waals surface area contributed by atoms with Crippen molar-refractivity contribution >= 4 is 39.1 Å². The summed E-state index contributed by atoms with van der Waals surface area (Å²) in [6.07, 6.45) is 2.78. The highest BCUT2D eigenvalue weighted by atomic mass is 35.5. The molecule has 2 aromatic carbocycles. The van der Waals surface area contributed by atoms with Gasteiger partial charge in [-0.05, 0) is 61.7 Å². The first-order valence-electron chi connectivity index (χ1n) is 11.4. The number of amides is 2. The van der Waals surface area contributed by atoms with Gasteiger partial charge < -0.3 is 15.0 Å². The molecule has 0 saturated heterocycles. The molecule has 8 nitrogen and oxygen atoms in total. The number of methoxy groups -OCH3 is 1. The summed E-state index contributed by atoms with van der Waals surface area (Å²) in [7, 11) is -2.26. The Hall–Kier alpha value is -2.78. The van der Waals surface area contributed by atoms with E-state index in [1.807, 2.05) is 13.0 Å². The first kappa shape index (κ1) is 28.5. The zero-order chi connectivity index (χ0) is 26.2. The number of benzene rings is 2. The second-order valence-corrected chi connectivity index (χ2v) is 10.7. The highest BCUT2D eigenvalue weighted by Crippen LogP contribution is 2.26. The van der Waals surface area contributed by atoms with Gasteiger partial charge in [0.25, 0.3) is 0 Å². The van der Waals surface area contributed by atoms with Crippen molar-refractivity contribution in [2.24, 2.45) is 0 Å². The molecule has 0 aromatic heterocycles. The number of halogens is 1. The van der Waals surface area contributed by atoms with E-state index in [0.29, 0.717) is 28.6 Å². The number of nitrogens with one attached hydrogen (secondary N) is 1. The maximum atomic E-state index is 13.6. The lowest BCUT2D eigenvalue weighted by Gasteiger charge is -2.32. The molecule has 10 heteroatoms. The van der Waals surface area contributed by atoms with Crippen LogP contribution >= 0.6 is 11.6 Å². The van der Waals surface area contributed by atoms with E-state index in [4.69, 9.17) is 16.3 Å². The van der Waals surface area contributed by atoms with E-state index in [2.05, 4.69) is 5.32 Å². The molecule has 0 radical (unpaired) electrons. The minimum absolute atomic E-state index is 0.107. The maximum Gasteiger partial charge on any atom is 0.244 e. The van der Waals surface area contributed by atoms with Crippen molar-refractivity contribution in [3.63, 3.8) is 0 Å². The highest BCUT2D eigenvalue weighted by molar-refractivity contribution is 7.92. The lowest BCUT2D eigenvalue weighted by atomic mass is 10.1. The van der Waals surface area contributed by atoms with Crippen molar-refractivity contribution < 1.29 is 22.7 Å². The van der Waals surface area contributed by atoms with E-state index >= 15 is 0 Å². The molecule has 0 spiro atoms. The molecule has 192 valence electrons. The van der Waals surface area contributed by atoms with Gasteiger partial charge >= 0.3 is 0 Å². The Bertz CT molecular complexity index is 1140. The molecule has 0 saturated carbocycles. The summed E-state index contributed by atoms with van der Waals surface area (Å²) in [5.74, 6) is -0.196. The number of carbonyl (C=O) groups is 2. The van der Waals surface area contributed by atoms with Crippen molar-refractivity contribution in [2.45, 2.75) is 46.2 Å². The fraction of sp³-hybridized carbons (Fsp3) is 0.440. The molecule has 35 heavy (non-hydrogen) atoms. The van der Waals surface area contributed by atoms with Gasteiger partial charge in [-0.3, -0.25) is 13.9 Å². The summed E-state index contributed by atoms with van der Waals surface area (Å²) < 4.78 is 31.7. The third-order valence-electron chi connectivity index (χ3n) is 5.59. The molecule has 0 unspecified atom stereocenters. The summed E-state index contributed by atoms with van der Waals surface area (Å²) in [4.78, 5) is 27.8. The second kappa shape index (κ2) is 12.8. The molecule has 0 fully saturated rings. The lowest BCUT2D eigenvalue weighted by molar-refractivity contribution is -0.139. The summed E-state index contributed by atoms with van der Waals surface area (Å²) >= 11 is 6.04. The largest absolute Gasteiger partial charge is 0.497 e. The van der Waals surface area contributed by atoms with Crippen LogP contribution in [0.25, 0.3) is 0 Å². The molecule has 0 aliphatic rings. The number of carbonyl (C=O) groups excluding carboxylic acids is 2. The van der Waals surface area contributed by atoms with Crippen LogP contribution in [0.5, 0.6) is 5.75 Å². The monoisotopic (exact) mass is 523 g/mol. The molecule has 1 N–H and O–H groups in total. The van der Waals surface area contributed by atoms with Gasteiger partial charge in [-0.2, -0.15) is 0 Å². The lowest BCUT2D eigenvalue weighted by Crippen LogP contribution is -2.51. The average Bonchev–Trinajstić information content (AvgIpc) is 2.80.